The van der Waals surface area contributed by atoms with Crippen LogP contribution in [0.1, 0.15) is 15.9 Å². The summed E-state index contributed by atoms with van der Waals surface area (Å²) in [6.45, 7) is 0.626. The van der Waals surface area contributed by atoms with Gasteiger partial charge in [0, 0.05) is 31.3 Å². The van der Waals surface area contributed by atoms with Crippen molar-refractivity contribution in [3.63, 3.8) is 0 Å². The number of halogens is 1. The number of sulfonamides is 1. The minimum atomic E-state index is -3.90. The number of para-hydroxylation sites is 1. The van der Waals surface area contributed by atoms with Crippen molar-refractivity contribution >= 4 is 21.6 Å². The van der Waals surface area contributed by atoms with Gasteiger partial charge in [-0.25, -0.2) is 12.8 Å². The number of nitrogens with one attached hydrogen (secondary N) is 1. The van der Waals surface area contributed by atoms with E-state index in [1.165, 1.54) is 22.5 Å². The van der Waals surface area contributed by atoms with Gasteiger partial charge >= 0.3 is 0 Å². The summed E-state index contributed by atoms with van der Waals surface area (Å²) in [5, 5.41) is 13.4. The lowest BCUT2D eigenvalue weighted by atomic mass is 10.1. The van der Waals surface area contributed by atoms with Gasteiger partial charge in [-0.15, -0.1) is 0 Å². The quantitative estimate of drug-likeness (QED) is 0.558. The van der Waals surface area contributed by atoms with Gasteiger partial charge in [-0.3, -0.25) is 14.9 Å². The number of ether oxygens (including phenoxy) is 1. The van der Waals surface area contributed by atoms with E-state index in [-0.39, 0.29) is 49.0 Å². The Morgan fingerprint density at radius 1 is 1.21 bits per heavy atom. The summed E-state index contributed by atoms with van der Waals surface area (Å²) in [5.41, 5.74) is -0.404. The molecule has 1 heterocycles. The smallest absolute Gasteiger partial charge is 0.274 e. The second kappa shape index (κ2) is 8.64. The second-order valence-corrected chi connectivity index (χ2v) is 8.16. The number of hydrogen-bond acceptors (Lipinski definition) is 6. The number of hydrogen-bond donors (Lipinski definition) is 1. The highest BCUT2D eigenvalue weighted by molar-refractivity contribution is 7.89. The van der Waals surface area contributed by atoms with Crippen LogP contribution in [0.5, 0.6) is 0 Å². The molecule has 0 saturated carbocycles. The summed E-state index contributed by atoms with van der Waals surface area (Å²) in [4.78, 5) is 22.7. The highest BCUT2D eigenvalue weighted by atomic mass is 32.2. The molecule has 1 N–H and O–H groups in total. The number of carbonyl (C=O) groups excluding carboxylic acids is 1. The van der Waals surface area contributed by atoms with Crippen molar-refractivity contribution in [3.05, 3.63) is 69.5 Å². The monoisotopic (exact) mass is 423 g/mol. The van der Waals surface area contributed by atoms with Crippen LogP contribution in [0.25, 0.3) is 0 Å². The molecule has 2 aromatic carbocycles. The topological polar surface area (TPSA) is 119 Å². The third kappa shape index (κ3) is 4.58. The molecule has 1 aliphatic rings. The average Bonchev–Trinajstić information content (AvgIpc) is 2.73. The predicted molar refractivity (Wildman–Crippen MR) is 100 cm³/mol. The number of nitrogens with zero attached hydrogens (tertiary/aromatic N) is 2. The van der Waals surface area contributed by atoms with Crippen molar-refractivity contribution < 1.29 is 27.3 Å². The number of nitro benzene ring substituents is 1. The molecule has 0 spiro atoms. The van der Waals surface area contributed by atoms with Crippen molar-refractivity contribution in [2.45, 2.75) is 11.4 Å². The number of nitro groups is 1. The third-order valence-corrected chi connectivity index (χ3v) is 6.31. The average molecular weight is 423 g/mol. The molecule has 0 aliphatic carbocycles. The standard InChI is InChI=1S/C18H18FN3O6S/c19-16-6-5-14(29(26,27)21-7-9-28-10-8-21)11-15(16)18(23)20-12-13-3-1-2-4-17(13)22(24)25/h1-6,11H,7-10,12H2,(H,20,23). The fraction of sp³-hybridized carbons (Fsp3) is 0.278. The van der Waals surface area contributed by atoms with E-state index in [2.05, 4.69) is 5.32 Å². The first-order valence-corrected chi connectivity index (χ1v) is 10.1. The fourth-order valence-corrected chi connectivity index (χ4v) is 4.32. The minimum Gasteiger partial charge on any atom is -0.379 e. The zero-order valence-corrected chi connectivity index (χ0v) is 16.0. The van der Waals surface area contributed by atoms with Gasteiger partial charge in [0.15, 0.2) is 0 Å². The number of rotatable bonds is 6. The summed E-state index contributed by atoms with van der Waals surface area (Å²) in [6, 6.07) is 8.79. The van der Waals surface area contributed by atoms with E-state index < -0.39 is 32.2 Å². The normalized spacial score (nSPS) is 15.1. The Labute approximate surface area is 166 Å². The third-order valence-electron chi connectivity index (χ3n) is 4.42. The Morgan fingerprint density at radius 2 is 1.90 bits per heavy atom. The van der Waals surface area contributed by atoms with Crippen LogP contribution in [0.4, 0.5) is 10.1 Å². The van der Waals surface area contributed by atoms with Gasteiger partial charge < -0.3 is 10.1 Å². The van der Waals surface area contributed by atoms with E-state index in [9.17, 15) is 27.7 Å². The van der Waals surface area contributed by atoms with Crippen LogP contribution in [-0.4, -0.2) is 49.9 Å². The molecule has 29 heavy (non-hydrogen) atoms. The molecule has 3 rings (SSSR count). The predicted octanol–water partition coefficient (Wildman–Crippen LogP) is 1.68. The Kier molecular flexibility index (Phi) is 6.20. The van der Waals surface area contributed by atoms with Crippen LogP contribution in [0, 0.1) is 15.9 Å². The summed E-state index contributed by atoms with van der Waals surface area (Å²) in [5.74, 6) is -1.77. The fourth-order valence-electron chi connectivity index (χ4n) is 2.88. The van der Waals surface area contributed by atoms with Crippen LogP contribution < -0.4 is 5.32 Å². The molecule has 9 nitrogen and oxygen atoms in total. The van der Waals surface area contributed by atoms with Gasteiger partial charge in [0.1, 0.15) is 5.82 Å². The molecule has 1 saturated heterocycles. The zero-order valence-electron chi connectivity index (χ0n) is 15.2. The van der Waals surface area contributed by atoms with Gasteiger partial charge in [-0.05, 0) is 18.2 Å². The Morgan fingerprint density at radius 3 is 2.59 bits per heavy atom. The molecule has 1 fully saturated rings. The lowest BCUT2D eigenvalue weighted by Crippen LogP contribution is -2.40. The molecule has 0 radical (unpaired) electrons. The molecule has 11 heteroatoms. The first-order valence-electron chi connectivity index (χ1n) is 8.68. The molecule has 0 atom stereocenters. The maximum atomic E-state index is 14.2. The van der Waals surface area contributed by atoms with Crippen LogP contribution in [0.2, 0.25) is 0 Å². The minimum absolute atomic E-state index is 0.166. The summed E-state index contributed by atoms with van der Waals surface area (Å²) in [7, 11) is -3.90. The number of morpholine rings is 1. The summed E-state index contributed by atoms with van der Waals surface area (Å²) < 4.78 is 46.0. The SMILES string of the molecule is O=C(NCc1ccccc1[N+](=O)[O-])c1cc(S(=O)(=O)N2CCOCC2)ccc1F. The Hall–Kier alpha value is -2.89. The van der Waals surface area contributed by atoms with E-state index in [1.54, 1.807) is 6.07 Å². The van der Waals surface area contributed by atoms with E-state index in [0.29, 0.717) is 0 Å². The van der Waals surface area contributed by atoms with Crippen LogP contribution in [0.15, 0.2) is 47.4 Å². The molecule has 0 aromatic heterocycles. The van der Waals surface area contributed by atoms with Gasteiger partial charge in [-0.1, -0.05) is 18.2 Å². The van der Waals surface area contributed by atoms with Gasteiger partial charge in [0.2, 0.25) is 10.0 Å². The molecule has 0 unspecified atom stereocenters. The molecule has 1 amide bonds. The largest absolute Gasteiger partial charge is 0.379 e. The zero-order chi connectivity index (χ0) is 21.0. The van der Waals surface area contributed by atoms with Crippen molar-refractivity contribution in [3.8, 4) is 0 Å². The summed E-state index contributed by atoms with van der Waals surface area (Å²) >= 11 is 0. The molecule has 0 bridgehead atoms. The highest BCUT2D eigenvalue weighted by Crippen LogP contribution is 2.21. The van der Waals surface area contributed by atoms with Crippen molar-refractivity contribution in [2.75, 3.05) is 26.3 Å². The van der Waals surface area contributed by atoms with Crippen molar-refractivity contribution in [1.29, 1.82) is 0 Å². The molecular formula is C18H18FN3O6S. The first kappa shape index (κ1) is 20.8. The van der Waals surface area contributed by atoms with E-state index in [0.717, 1.165) is 18.2 Å². The lowest BCUT2D eigenvalue weighted by molar-refractivity contribution is -0.385. The number of benzene rings is 2. The van der Waals surface area contributed by atoms with Crippen molar-refractivity contribution in [2.24, 2.45) is 0 Å². The van der Waals surface area contributed by atoms with E-state index in [4.69, 9.17) is 4.74 Å². The molecular weight excluding hydrogens is 405 g/mol. The van der Waals surface area contributed by atoms with E-state index >= 15 is 0 Å². The second-order valence-electron chi connectivity index (χ2n) is 6.23. The Bertz CT molecular complexity index is 1040. The molecule has 154 valence electrons. The Balaban J connectivity index is 1.81. The lowest BCUT2D eigenvalue weighted by Gasteiger charge is -2.26. The maximum Gasteiger partial charge on any atom is 0.274 e. The maximum absolute atomic E-state index is 14.2. The molecule has 1 aliphatic heterocycles. The number of amides is 1. The van der Waals surface area contributed by atoms with Crippen LogP contribution >= 0.6 is 0 Å². The molecule has 2 aromatic rings. The van der Waals surface area contributed by atoms with Crippen molar-refractivity contribution in [1.82, 2.24) is 9.62 Å². The van der Waals surface area contributed by atoms with Gasteiger partial charge in [-0.2, -0.15) is 4.31 Å². The van der Waals surface area contributed by atoms with Crippen LogP contribution in [-0.2, 0) is 21.3 Å². The van der Waals surface area contributed by atoms with Gasteiger partial charge in [0.05, 0.1) is 28.6 Å². The summed E-state index contributed by atoms with van der Waals surface area (Å²) in [6.07, 6.45) is 0. The highest BCUT2D eigenvalue weighted by Gasteiger charge is 2.28. The first-order chi connectivity index (χ1) is 13.8. The number of carbonyl (C=O) groups is 1. The van der Waals surface area contributed by atoms with E-state index in [1.807, 2.05) is 0 Å². The van der Waals surface area contributed by atoms with Crippen LogP contribution in [0.3, 0.4) is 0 Å². The van der Waals surface area contributed by atoms with Gasteiger partial charge in [0.25, 0.3) is 11.6 Å².